The summed E-state index contributed by atoms with van der Waals surface area (Å²) >= 11 is 0. The number of hydrogen-bond donors (Lipinski definition) is 1. The molecule has 0 bridgehead atoms. The van der Waals surface area contributed by atoms with Gasteiger partial charge in [-0.1, -0.05) is 12.5 Å². The lowest BCUT2D eigenvalue weighted by molar-refractivity contribution is -0.146. The van der Waals surface area contributed by atoms with Gasteiger partial charge < -0.3 is 14.9 Å². The van der Waals surface area contributed by atoms with Crippen LogP contribution >= 0.6 is 0 Å². The number of aliphatic carboxylic acids is 1. The van der Waals surface area contributed by atoms with Gasteiger partial charge in [-0.25, -0.2) is 0 Å². The number of piperazine rings is 1. The lowest BCUT2D eigenvalue weighted by Crippen LogP contribution is -2.54. The lowest BCUT2D eigenvalue weighted by Gasteiger charge is -2.38. The van der Waals surface area contributed by atoms with Crippen molar-refractivity contribution in [1.82, 2.24) is 9.80 Å². The van der Waals surface area contributed by atoms with E-state index in [2.05, 4.69) is 0 Å². The van der Waals surface area contributed by atoms with Gasteiger partial charge in [-0.05, 0) is 37.6 Å². The predicted octanol–water partition coefficient (Wildman–Crippen LogP) is 2.29. The van der Waals surface area contributed by atoms with Gasteiger partial charge in [-0.3, -0.25) is 14.5 Å². The van der Waals surface area contributed by atoms with Crippen LogP contribution in [0.2, 0.25) is 0 Å². The summed E-state index contributed by atoms with van der Waals surface area (Å²) in [5.41, 5.74) is -0.197. The molecule has 1 amide bonds. The van der Waals surface area contributed by atoms with Gasteiger partial charge in [0.15, 0.2) is 0 Å². The number of carboxylic acid groups (broad SMARTS) is 1. The van der Waals surface area contributed by atoms with Crippen molar-refractivity contribution >= 4 is 17.6 Å². The highest BCUT2D eigenvalue weighted by molar-refractivity contribution is 5.80. The molecule has 0 radical (unpaired) electrons. The van der Waals surface area contributed by atoms with E-state index in [4.69, 9.17) is 0 Å². The zero-order chi connectivity index (χ0) is 20.3. The largest absolute Gasteiger partial charge is 0.480 e. The Kier molecular flexibility index (Phi) is 6.12. The third-order valence-electron chi connectivity index (χ3n) is 5.41. The minimum Gasteiger partial charge on any atom is -0.480 e. The summed E-state index contributed by atoms with van der Waals surface area (Å²) in [5, 5.41) is 9.32. The SMILES string of the molecule is O=C(O)C1CCCCN1CC(=O)N1CCN(c2cccc(C(F)(F)F)c2)CC1. The highest BCUT2D eigenvalue weighted by Crippen LogP contribution is 2.31. The van der Waals surface area contributed by atoms with Crippen molar-refractivity contribution in [2.45, 2.75) is 31.5 Å². The Labute approximate surface area is 161 Å². The van der Waals surface area contributed by atoms with Crippen molar-refractivity contribution in [1.29, 1.82) is 0 Å². The van der Waals surface area contributed by atoms with E-state index >= 15 is 0 Å². The Balaban J connectivity index is 1.56. The van der Waals surface area contributed by atoms with Crippen molar-refractivity contribution in [3.05, 3.63) is 29.8 Å². The monoisotopic (exact) mass is 399 g/mol. The molecule has 1 atom stereocenters. The number of carbonyl (C=O) groups is 2. The van der Waals surface area contributed by atoms with E-state index in [0.29, 0.717) is 44.8 Å². The summed E-state index contributed by atoms with van der Waals surface area (Å²) < 4.78 is 38.7. The fraction of sp³-hybridized carbons (Fsp3) is 0.579. The molecule has 2 aliphatic rings. The number of hydrogen-bond acceptors (Lipinski definition) is 4. The number of carbonyl (C=O) groups excluding carboxylic acids is 1. The van der Waals surface area contributed by atoms with Crippen LogP contribution in [-0.2, 0) is 15.8 Å². The first-order valence-corrected chi connectivity index (χ1v) is 9.42. The minimum absolute atomic E-state index is 0.0700. The second-order valence-corrected chi connectivity index (χ2v) is 7.24. The summed E-state index contributed by atoms with van der Waals surface area (Å²) in [7, 11) is 0. The molecule has 1 unspecified atom stereocenters. The minimum atomic E-state index is -4.39. The van der Waals surface area contributed by atoms with Gasteiger partial charge in [0, 0.05) is 31.9 Å². The van der Waals surface area contributed by atoms with Gasteiger partial charge in [0.05, 0.1) is 12.1 Å². The number of rotatable bonds is 4. The number of likely N-dealkylation sites (tertiary alicyclic amines) is 1. The molecule has 1 aromatic carbocycles. The highest BCUT2D eigenvalue weighted by Gasteiger charge is 2.33. The maximum Gasteiger partial charge on any atom is 0.416 e. The first-order valence-electron chi connectivity index (χ1n) is 9.42. The molecule has 2 heterocycles. The number of anilines is 1. The maximum atomic E-state index is 12.9. The number of halogens is 3. The molecule has 0 aromatic heterocycles. The second kappa shape index (κ2) is 8.38. The molecule has 28 heavy (non-hydrogen) atoms. The Morgan fingerprint density at radius 3 is 2.43 bits per heavy atom. The number of benzene rings is 1. The number of nitrogens with zero attached hydrogens (tertiary/aromatic N) is 3. The van der Waals surface area contributed by atoms with Gasteiger partial charge in [0.2, 0.25) is 5.91 Å². The summed E-state index contributed by atoms with van der Waals surface area (Å²) in [5.74, 6) is -1.03. The van der Waals surface area contributed by atoms with E-state index in [1.807, 2.05) is 4.90 Å². The van der Waals surface area contributed by atoms with E-state index in [9.17, 15) is 27.9 Å². The van der Waals surface area contributed by atoms with Crippen LogP contribution < -0.4 is 4.90 Å². The van der Waals surface area contributed by atoms with Crippen LogP contribution in [0.15, 0.2) is 24.3 Å². The third kappa shape index (κ3) is 4.76. The van der Waals surface area contributed by atoms with Gasteiger partial charge in [0.25, 0.3) is 0 Å². The number of piperidine rings is 1. The molecule has 0 saturated carbocycles. The smallest absolute Gasteiger partial charge is 0.416 e. The predicted molar refractivity (Wildman–Crippen MR) is 97.1 cm³/mol. The average molecular weight is 399 g/mol. The van der Waals surface area contributed by atoms with Crippen LogP contribution in [0.1, 0.15) is 24.8 Å². The molecule has 2 aliphatic heterocycles. The molecule has 154 valence electrons. The van der Waals surface area contributed by atoms with Crippen LogP contribution in [0.4, 0.5) is 18.9 Å². The maximum absolute atomic E-state index is 12.9. The van der Waals surface area contributed by atoms with Crippen molar-refractivity contribution in [3.8, 4) is 0 Å². The normalized spacial score (nSPS) is 21.6. The molecular formula is C19H24F3N3O3. The summed E-state index contributed by atoms with van der Waals surface area (Å²) in [6.07, 6.45) is -2.12. The zero-order valence-electron chi connectivity index (χ0n) is 15.5. The van der Waals surface area contributed by atoms with Crippen molar-refractivity contribution in [2.24, 2.45) is 0 Å². The van der Waals surface area contributed by atoms with E-state index in [-0.39, 0.29) is 12.5 Å². The van der Waals surface area contributed by atoms with Crippen LogP contribution in [0.25, 0.3) is 0 Å². The molecule has 2 fully saturated rings. The molecule has 6 nitrogen and oxygen atoms in total. The van der Waals surface area contributed by atoms with E-state index < -0.39 is 23.8 Å². The topological polar surface area (TPSA) is 64.1 Å². The highest BCUT2D eigenvalue weighted by atomic mass is 19.4. The number of alkyl halides is 3. The van der Waals surface area contributed by atoms with E-state index in [0.717, 1.165) is 25.0 Å². The van der Waals surface area contributed by atoms with Crippen LogP contribution in [0.3, 0.4) is 0 Å². The molecule has 9 heteroatoms. The molecular weight excluding hydrogens is 375 g/mol. The molecule has 1 aromatic rings. The van der Waals surface area contributed by atoms with Gasteiger partial charge in [-0.15, -0.1) is 0 Å². The molecule has 1 N–H and O–H groups in total. The van der Waals surface area contributed by atoms with Crippen LogP contribution in [-0.4, -0.2) is 72.1 Å². The molecule has 0 spiro atoms. The first-order chi connectivity index (χ1) is 13.3. The van der Waals surface area contributed by atoms with E-state index in [1.165, 1.54) is 6.07 Å². The lowest BCUT2D eigenvalue weighted by atomic mass is 10.0. The second-order valence-electron chi connectivity index (χ2n) is 7.24. The third-order valence-corrected chi connectivity index (χ3v) is 5.41. The van der Waals surface area contributed by atoms with E-state index in [1.54, 1.807) is 15.9 Å². The average Bonchev–Trinajstić information content (AvgIpc) is 2.68. The van der Waals surface area contributed by atoms with Crippen molar-refractivity contribution in [3.63, 3.8) is 0 Å². The van der Waals surface area contributed by atoms with Crippen molar-refractivity contribution < 1.29 is 27.9 Å². The fourth-order valence-corrected chi connectivity index (χ4v) is 3.83. The summed E-state index contributed by atoms with van der Waals surface area (Å²) in [4.78, 5) is 29.2. The zero-order valence-corrected chi connectivity index (χ0v) is 15.5. The Bertz CT molecular complexity index is 718. The number of amides is 1. The van der Waals surface area contributed by atoms with Crippen LogP contribution in [0.5, 0.6) is 0 Å². The van der Waals surface area contributed by atoms with Crippen molar-refractivity contribution in [2.75, 3.05) is 44.2 Å². The van der Waals surface area contributed by atoms with Gasteiger partial charge >= 0.3 is 12.1 Å². The molecule has 2 saturated heterocycles. The Morgan fingerprint density at radius 2 is 1.79 bits per heavy atom. The Morgan fingerprint density at radius 1 is 1.07 bits per heavy atom. The molecule has 0 aliphatic carbocycles. The van der Waals surface area contributed by atoms with Gasteiger partial charge in [0.1, 0.15) is 6.04 Å². The quantitative estimate of drug-likeness (QED) is 0.842. The van der Waals surface area contributed by atoms with Gasteiger partial charge in [-0.2, -0.15) is 13.2 Å². The fourth-order valence-electron chi connectivity index (χ4n) is 3.83. The number of carboxylic acids is 1. The first kappa shape index (κ1) is 20.4. The Hall–Kier alpha value is -2.29. The molecule has 3 rings (SSSR count). The standard InChI is InChI=1S/C19H24F3N3O3/c20-19(21,22)14-4-3-5-15(12-14)23-8-10-24(11-9-23)17(26)13-25-7-2-1-6-16(25)18(27)28/h3-5,12,16H,1-2,6-11,13H2,(H,27,28). The summed E-state index contributed by atoms with van der Waals surface area (Å²) in [6.45, 7) is 2.35. The van der Waals surface area contributed by atoms with Crippen LogP contribution in [0, 0.1) is 0 Å². The summed E-state index contributed by atoms with van der Waals surface area (Å²) in [6, 6.07) is 4.57.